The highest BCUT2D eigenvalue weighted by molar-refractivity contribution is 9.10. The van der Waals surface area contributed by atoms with Gasteiger partial charge in [-0.25, -0.2) is 8.42 Å². The number of carbonyl (C=O) groups is 2. The predicted octanol–water partition coefficient (Wildman–Crippen LogP) is 3.86. The minimum absolute atomic E-state index is 0.203. The molecule has 0 heterocycles. The van der Waals surface area contributed by atoms with Crippen LogP contribution in [0.15, 0.2) is 53.0 Å². The van der Waals surface area contributed by atoms with Crippen molar-refractivity contribution in [3.63, 3.8) is 0 Å². The second-order valence-electron chi connectivity index (χ2n) is 7.97. The number of nitrogens with zero attached hydrogens (tertiary/aromatic N) is 2. The van der Waals surface area contributed by atoms with Crippen molar-refractivity contribution >= 4 is 43.5 Å². The fourth-order valence-electron chi connectivity index (χ4n) is 3.40. The second kappa shape index (κ2) is 12.2. The topological polar surface area (TPSA) is 86.8 Å². The molecule has 2 amide bonds. The van der Waals surface area contributed by atoms with Crippen LogP contribution in [0.3, 0.4) is 0 Å². The fraction of sp³-hybridized carbons (Fsp3) is 0.417. The maximum atomic E-state index is 13.5. The number of halogens is 1. The molecule has 0 aliphatic heterocycles. The van der Waals surface area contributed by atoms with E-state index in [2.05, 4.69) is 21.2 Å². The maximum absolute atomic E-state index is 13.5. The summed E-state index contributed by atoms with van der Waals surface area (Å²) in [5, 5.41) is 2.87. The van der Waals surface area contributed by atoms with E-state index >= 15 is 0 Å². The Kier molecular flexibility index (Phi) is 9.91. The predicted molar refractivity (Wildman–Crippen MR) is 135 cm³/mol. The third-order valence-electron chi connectivity index (χ3n) is 5.20. The highest BCUT2D eigenvalue weighted by Gasteiger charge is 2.31. The SMILES string of the molecule is CCCNC(=O)C(CC)N(Cc1ccc(C)cc1)C(=O)CN(c1ccc(Br)cc1)S(C)(=O)=O. The Balaban J connectivity index is 2.39. The summed E-state index contributed by atoms with van der Waals surface area (Å²) in [5.41, 5.74) is 2.33. The van der Waals surface area contributed by atoms with Crippen LogP contribution in [0.2, 0.25) is 0 Å². The first kappa shape index (κ1) is 26.9. The minimum atomic E-state index is -3.73. The Bertz CT molecular complexity index is 1040. The summed E-state index contributed by atoms with van der Waals surface area (Å²) in [4.78, 5) is 27.9. The molecule has 180 valence electrons. The van der Waals surface area contributed by atoms with Gasteiger partial charge in [-0.1, -0.05) is 59.6 Å². The average molecular weight is 539 g/mol. The third-order valence-corrected chi connectivity index (χ3v) is 6.87. The van der Waals surface area contributed by atoms with Crippen LogP contribution in [0.25, 0.3) is 0 Å². The van der Waals surface area contributed by atoms with E-state index in [1.807, 2.05) is 45.0 Å². The number of nitrogens with one attached hydrogen (secondary N) is 1. The Hall–Kier alpha value is -2.39. The van der Waals surface area contributed by atoms with Crippen LogP contribution in [-0.4, -0.2) is 50.5 Å². The first-order valence-electron chi connectivity index (χ1n) is 10.9. The summed E-state index contributed by atoms with van der Waals surface area (Å²) in [6.07, 6.45) is 2.25. The standard InChI is InChI=1S/C24H32BrN3O4S/c1-5-15-26-24(30)22(6-2)27(16-19-9-7-18(3)8-10-19)23(29)17-28(33(4,31)32)21-13-11-20(25)12-14-21/h7-14,22H,5-6,15-17H2,1-4H3,(H,26,30). The van der Waals surface area contributed by atoms with Gasteiger partial charge in [0.15, 0.2) is 0 Å². The summed E-state index contributed by atoms with van der Waals surface area (Å²) in [6.45, 7) is 6.09. The summed E-state index contributed by atoms with van der Waals surface area (Å²) in [6, 6.07) is 13.7. The van der Waals surface area contributed by atoms with Gasteiger partial charge in [-0.2, -0.15) is 0 Å². The van der Waals surface area contributed by atoms with Crippen molar-refractivity contribution in [2.75, 3.05) is 23.7 Å². The van der Waals surface area contributed by atoms with E-state index in [-0.39, 0.29) is 12.5 Å². The lowest BCUT2D eigenvalue weighted by molar-refractivity contribution is -0.140. The number of hydrogen-bond donors (Lipinski definition) is 1. The van der Waals surface area contributed by atoms with E-state index in [0.29, 0.717) is 18.7 Å². The summed E-state index contributed by atoms with van der Waals surface area (Å²) >= 11 is 3.34. The van der Waals surface area contributed by atoms with E-state index in [1.54, 1.807) is 24.3 Å². The molecule has 2 rings (SSSR count). The highest BCUT2D eigenvalue weighted by Crippen LogP contribution is 2.22. The van der Waals surface area contributed by atoms with Crippen LogP contribution in [-0.2, 0) is 26.2 Å². The molecule has 7 nitrogen and oxygen atoms in total. The number of amides is 2. The quantitative estimate of drug-likeness (QED) is 0.471. The smallest absolute Gasteiger partial charge is 0.244 e. The molecule has 0 aliphatic carbocycles. The number of rotatable bonds is 11. The zero-order valence-corrected chi connectivity index (χ0v) is 21.9. The van der Waals surface area contributed by atoms with Crippen molar-refractivity contribution in [2.45, 2.75) is 46.2 Å². The zero-order chi connectivity index (χ0) is 24.6. The monoisotopic (exact) mass is 537 g/mol. The number of benzene rings is 2. The lowest BCUT2D eigenvalue weighted by Crippen LogP contribution is -2.52. The van der Waals surface area contributed by atoms with Gasteiger partial charge in [-0.3, -0.25) is 13.9 Å². The van der Waals surface area contributed by atoms with E-state index in [0.717, 1.165) is 32.6 Å². The lowest BCUT2D eigenvalue weighted by atomic mass is 10.1. The first-order chi connectivity index (χ1) is 15.6. The molecule has 0 fully saturated rings. The molecule has 1 unspecified atom stereocenters. The molecule has 0 bridgehead atoms. The van der Waals surface area contributed by atoms with Crippen LogP contribution in [0.4, 0.5) is 5.69 Å². The van der Waals surface area contributed by atoms with Crippen molar-refractivity contribution < 1.29 is 18.0 Å². The van der Waals surface area contributed by atoms with Crippen molar-refractivity contribution in [3.8, 4) is 0 Å². The van der Waals surface area contributed by atoms with Crippen LogP contribution < -0.4 is 9.62 Å². The van der Waals surface area contributed by atoms with E-state index in [4.69, 9.17) is 0 Å². The van der Waals surface area contributed by atoms with Gasteiger partial charge >= 0.3 is 0 Å². The fourth-order valence-corrected chi connectivity index (χ4v) is 4.51. The van der Waals surface area contributed by atoms with E-state index < -0.39 is 28.5 Å². The minimum Gasteiger partial charge on any atom is -0.354 e. The number of sulfonamides is 1. The number of anilines is 1. The second-order valence-corrected chi connectivity index (χ2v) is 10.8. The number of aryl methyl sites for hydroxylation is 1. The molecule has 0 radical (unpaired) electrons. The van der Waals surface area contributed by atoms with E-state index in [9.17, 15) is 18.0 Å². The molecular weight excluding hydrogens is 506 g/mol. The van der Waals surface area contributed by atoms with Crippen LogP contribution in [0, 0.1) is 6.92 Å². The molecule has 0 aliphatic rings. The normalized spacial score (nSPS) is 12.2. The van der Waals surface area contributed by atoms with Gasteiger partial charge in [0.1, 0.15) is 12.6 Å². The molecule has 0 saturated carbocycles. The van der Waals surface area contributed by atoms with Gasteiger partial charge in [0.25, 0.3) is 0 Å². The van der Waals surface area contributed by atoms with Crippen molar-refractivity contribution in [2.24, 2.45) is 0 Å². The third kappa shape index (κ3) is 7.85. The molecule has 9 heteroatoms. The molecule has 1 N–H and O–H groups in total. The first-order valence-corrected chi connectivity index (χ1v) is 13.6. The number of hydrogen-bond acceptors (Lipinski definition) is 4. The van der Waals surface area contributed by atoms with Crippen molar-refractivity contribution in [1.82, 2.24) is 10.2 Å². The number of carbonyl (C=O) groups excluding carboxylic acids is 2. The Morgan fingerprint density at radius 2 is 1.64 bits per heavy atom. The van der Waals surface area contributed by atoms with Crippen LogP contribution in [0.1, 0.15) is 37.8 Å². The summed E-state index contributed by atoms with van der Waals surface area (Å²) in [5.74, 6) is -0.684. The van der Waals surface area contributed by atoms with Crippen LogP contribution in [0.5, 0.6) is 0 Å². The van der Waals surface area contributed by atoms with Gasteiger partial charge in [0.2, 0.25) is 21.8 Å². The van der Waals surface area contributed by atoms with Gasteiger partial charge in [-0.15, -0.1) is 0 Å². The molecule has 0 aromatic heterocycles. The van der Waals surface area contributed by atoms with Gasteiger partial charge in [-0.05, 0) is 49.6 Å². The summed E-state index contributed by atoms with van der Waals surface area (Å²) < 4.78 is 27.0. The Labute approximate surface area is 205 Å². The Morgan fingerprint density at radius 1 is 1.03 bits per heavy atom. The largest absolute Gasteiger partial charge is 0.354 e. The molecule has 2 aromatic carbocycles. The molecule has 0 saturated heterocycles. The molecule has 33 heavy (non-hydrogen) atoms. The lowest BCUT2D eigenvalue weighted by Gasteiger charge is -2.33. The Morgan fingerprint density at radius 3 is 2.15 bits per heavy atom. The van der Waals surface area contributed by atoms with Crippen molar-refractivity contribution in [1.29, 1.82) is 0 Å². The van der Waals surface area contributed by atoms with Crippen molar-refractivity contribution in [3.05, 3.63) is 64.1 Å². The zero-order valence-electron chi connectivity index (χ0n) is 19.5. The van der Waals surface area contributed by atoms with E-state index in [1.165, 1.54) is 4.90 Å². The summed E-state index contributed by atoms with van der Waals surface area (Å²) in [7, 11) is -3.73. The van der Waals surface area contributed by atoms with Gasteiger partial charge < -0.3 is 10.2 Å². The highest BCUT2D eigenvalue weighted by atomic mass is 79.9. The molecular formula is C24H32BrN3O4S. The van der Waals surface area contributed by atoms with Gasteiger partial charge in [0.05, 0.1) is 11.9 Å². The maximum Gasteiger partial charge on any atom is 0.244 e. The van der Waals surface area contributed by atoms with Crippen LogP contribution >= 0.6 is 15.9 Å². The molecule has 2 aromatic rings. The molecule has 1 atom stereocenters. The van der Waals surface area contributed by atoms with Gasteiger partial charge in [0, 0.05) is 17.6 Å². The molecule has 0 spiro atoms. The average Bonchev–Trinajstić information content (AvgIpc) is 2.77.